The fourth-order valence-electron chi connectivity index (χ4n) is 1.90. The quantitative estimate of drug-likeness (QED) is 0.927. The molecule has 1 aromatic heterocycles. The van der Waals surface area contributed by atoms with Gasteiger partial charge in [-0.3, -0.25) is 9.48 Å². The summed E-state index contributed by atoms with van der Waals surface area (Å²) in [6, 6.07) is 5.66. The van der Waals surface area contributed by atoms with Crippen molar-refractivity contribution in [3.8, 4) is 11.1 Å². The number of aryl methyl sites for hydroxylation is 1. The van der Waals surface area contributed by atoms with E-state index >= 15 is 0 Å². The van der Waals surface area contributed by atoms with Crippen LogP contribution in [0.4, 0.5) is 0 Å². The van der Waals surface area contributed by atoms with Crippen LogP contribution in [0.3, 0.4) is 0 Å². The van der Waals surface area contributed by atoms with Crippen molar-refractivity contribution in [2.75, 3.05) is 0 Å². The summed E-state index contributed by atoms with van der Waals surface area (Å²) in [5.41, 5.74) is 3.66. The Morgan fingerprint density at radius 1 is 1.39 bits per heavy atom. The maximum absolute atomic E-state index is 10.7. The molecule has 0 bridgehead atoms. The van der Waals surface area contributed by atoms with Crippen molar-refractivity contribution >= 4 is 17.6 Å². The monoisotopic (exact) mass is 264 g/mol. The van der Waals surface area contributed by atoms with Crippen molar-refractivity contribution in [1.82, 2.24) is 9.78 Å². The summed E-state index contributed by atoms with van der Waals surface area (Å²) >= 11 is 6.09. The smallest absolute Gasteiger partial charge is 0.325 e. The number of carboxylic acids is 1. The van der Waals surface area contributed by atoms with Gasteiger partial charge in [-0.25, -0.2) is 0 Å². The maximum atomic E-state index is 10.7. The first-order valence-corrected chi connectivity index (χ1v) is 5.88. The topological polar surface area (TPSA) is 55.1 Å². The lowest BCUT2D eigenvalue weighted by atomic mass is 10.0. The summed E-state index contributed by atoms with van der Waals surface area (Å²) in [5.74, 6) is -0.910. The van der Waals surface area contributed by atoms with Gasteiger partial charge in [-0.1, -0.05) is 23.7 Å². The fourth-order valence-corrected chi connectivity index (χ4v) is 2.08. The van der Waals surface area contributed by atoms with E-state index in [-0.39, 0.29) is 6.54 Å². The number of nitrogens with zero attached hydrogens (tertiary/aromatic N) is 2. The molecule has 0 radical (unpaired) electrons. The standard InChI is InChI=1S/C13H13ClN2O2/c1-8-10(4-3-5-12(8)14)11-6-16(7-13(17)18)15-9(11)2/h3-6H,7H2,1-2H3,(H,17,18). The van der Waals surface area contributed by atoms with E-state index in [4.69, 9.17) is 16.7 Å². The normalized spacial score (nSPS) is 10.6. The van der Waals surface area contributed by atoms with Gasteiger partial charge >= 0.3 is 5.97 Å². The van der Waals surface area contributed by atoms with E-state index < -0.39 is 5.97 Å². The second kappa shape index (κ2) is 4.82. The van der Waals surface area contributed by atoms with Crippen LogP contribution in [0.2, 0.25) is 5.02 Å². The van der Waals surface area contributed by atoms with Crippen LogP contribution in [0.25, 0.3) is 11.1 Å². The second-order valence-electron chi connectivity index (χ2n) is 4.13. The molecule has 5 heteroatoms. The van der Waals surface area contributed by atoms with Gasteiger partial charge in [-0.15, -0.1) is 0 Å². The number of aliphatic carboxylic acids is 1. The molecule has 0 saturated heterocycles. The third kappa shape index (κ3) is 2.38. The summed E-state index contributed by atoms with van der Waals surface area (Å²) in [4.78, 5) is 10.7. The minimum atomic E-state index is -0.910. The highest BCUT2D eigenvalue weighted by molar-refractivity contribution is 6.31. The minimum Gasteiger partial charge on any atom is -0.480 e. The first-order valence-electron chi connectivity index (χ1n) is 5.50. The zero-order valence-corrected chi connectivity index (χ0v) is 10.9. The molecule has 94 valence electrons. The SMILES string of the molecule is Cc1nn(CC(=O)O)cc1-c1cccc(Cl)c1C. The van der Waals surface area contributed by atoms with Crippen LogP contribution in [0, 0.1) is 13.8 Å². The van der Waals surface area contributed by atoms with Crippen LogP contribution in [0.5, 0.6) is 0 Å². The number of carboxylic acid groups (broad SMARTS) is 1. The van der Waals surface area contributed by atoms with Crippen LogP contribution >= 0.6 is 11.6 Å². The summed E-state index contributed by atoms with van der Waals surface area (Å²) in [5, 5.41) is 13.6. The number of hydrogen-bond donors (Lipinski definition) is 1. The molecule has 2 aromatic rings. The van der Waals surface area contributed by atoms with Crippen molar-refractivity contribution in [3.05, 3.63) is 40.7 Å². The molecule has 0 atom stereocenters. The Labute approximate surface area is 110 Å². The molecule has 0 fully saturated rings. The predicted molar refractivity (Wildman–Crippen MR) is 69.8 cm³/mol. The van der Waals surface area contributed by atoms with E-state index in [0.717, 1.165) is 22.4 Å². The lowest BCUT2D eigenvalue weighted by molar-refractivity contribution is -0.137. The molecule has 0 saturated carbocycles. The molecule has 2 rings (SSSR count). The van der Waals surface area contributed by atoms with E-state index in [0.29, 0.717) is 5.02 Å². The fraction of sp³-hybridized carbons (Fsp3) is 0.231. The van der Waals surface area contributed by atoms with Crippen molar-refractivity contribution in [3.63, 3.8) is 0 Å². The van der Waals surface area contributed by atoms with Gasteiger partial charge in [0.1, 0.15) is 6.54 Å². The Kier molecular flexibility index (Phi) is 3.39. The Balaban J connectivity index is 2.48. The largest absolute Gasteiger partial charge is 0.480 e. The molecule has 0 unspecified atom stereocenters. The average Bonchev–Trinajstić information content (AvgIpc) is 2.62. The van der Waals surface area contributed by atoms with Gasteiger partial charge in [-0.2, -0.15) is 5.10 Å². The van der Waals surface area contributed by atoms with E-state index in [1.54, 1.807) is 6.20 Å². The van der Waals surface area contributed by atoms with Crippen LogP contribution in [-0.2, 0) is 11.3 Å². The second-order valence-corrected chi connectivity index (χ2v) is 4.54. The molecule has 0 spiro atoms. The highest BCUT2D eigenvalue weighted by Gasteiger charge is 2.12. The van der Waals surface area contributed by atoms with E-state index in [2.05, 4.69) is 5.10 Å². The molecule has 0 aliphatic carbocycles. The van der Waals surface area contributed by atoms with E-state index in [1.165, 1.54) is 4.68 Å². The molecule has 0 aliphatic rings. The zero-order chi connectivity index (χ0) is 13.3. The molecule has 1 N–H and O–H groups in total. The lowest BCUT2D eigenvalue weighted by Gasteiger charge is -2.05. The van der Waals surface area contributed by atoms with E-state index in [1.807, 2.05) is 32.0 Å². The minimum absolute atomic E-state index is 0.138. The molecular formula is C13H13ClN2O2. The van der Waals surface area contributed by atoms with Gasteiger partial charge in [-0.05, 0) is 31.0 Å². The van der Waals surface area contributed by atoms with Crippen LogP contribution in [0.15, 0.2) is 24.4 Å². The van der Waals surface area contributed by atoms with Gasteiger partial charge in [0.15, 0.2) is 0 Å². The Morgan fingerprint density at radius 3 is 2.78 bits per heavy atom. The summed E-state index contributed by atoms with van der Waals surface area (Å²) in [6.45, 7) is 3.65. The number of halogens is 1. The summed E-state index contributed by atoms with van der Waals surface area (Å²) in [6.07, 6.45) is 1.74. The van der Waals surface area contributed by atoms with Gasteiger partial charge in [0, 0.05) is 16.8 Å². The Morgan fingerprint density at radius 2 is 2.11 bits per heavy atom. The van der Waals surface area contributed by atoms with Gasteiger partial charge < -0.3 is 5.11 Å². The number of aromatic nitrogens is 2. The number of rotatable bonds is 3. The first kappa shape index (κ1) is 12.6. The van der Waals surface area contributed by atoms with Crippen molar-refractivity contribution in [1.29, 1.82) is 0 Å². The average molecular weight is 265 g/mol. The predicted octanol–water partition coefficient (Wildman–Crippen LogP) is 2.90. The van der Waals surface area contributed by atoms with Gasteiger partial charge in [0.25, 0.3) is 0 Å². The summed E-state index contributed by atoms with van der Waals surface area (Å²) in [7, 11) is 0. The molecule has 18 heavy (non-hydrogen) atoms. The van der Waals surface area contributed by atoms with Crippen LogP contribution < -0.4 is 0 Å². The maximum Gasteiger partial charge on any atom is 0.325 e. The summed E-state index contributed by atoms with van der Waals surface area (Å²) < 4.78 is 1.42. The van der Waals surface area contributed by atoms with Gasteiger partial charge in [0.05, 0.1) is 5.69 Å². The number of carbonyl (C=O) groups is 1. The third-order valence-corrected chi connectivity index (χ3v) is 3.21. The molecular weight excluding hydrogens is 252 g/mol. The third-order valence-electron chi connectivity index (χ3n) is 2.80. The molecule has 0 amide bonds. The molecule has 1 aromatic carbocycles. The lowest BCUT2D eigenvalue weighted by Crippen LogP contribution is -2.08. The first-order chi connectivity index (χ1) is 8.49. The van der Waals surface area contributed by atoms with Crippen molar-refractivity contribution in [2.24, 2.45) is 0 Å². The zero-order valence-electron chi connectivity index (χ0n) is 10.1. The number of benzene rings is 1. The van der Waals surface area contributed by atoms with Crippen molar-refractivity contribution < 1.29 is 9.90 Å². The Hall–Kier alpha value is -1.81. The highest BCUT2D eigenvalue weighted by Crippen LogP contribution is 2.29. The van der Waals surface area contributed by atoms with Crippen LogP contribution in [0.1, 0.15) is 11.3 Å². The van der Waals surface area contributed by atoms with Crippen molar-refractivity contribution in [2.45, 2.75) is 20.4 Å². The van der Waals surface area contributed by atoms with Gasteiger partial charge in [0.2, 0.25) is 0 Å². The van der Waals surface area contributed by atoms with Crippen LogP contribution in [-0.4, -0.2) is 20.9 Å². The molecule has 4 nitrogen and oxygen atoms in total. The highest BCUT2D eigenvalue weighted by atomic mass is 35.5. The molecule has 0 aliphatic heterocycles. The Bertz CT molecular complexity index is 605. The van der Waals surface area contributed by atoms with E-state index in [9.17, 15) is 4.79 Å². The number of hydrogen-bond acceptors (Lipinski definition) is 2. The molecule has 1 heterocycles.